The Balaban J connectivity index is 1.86. The Labute approximate surface area is 132 Å². The highest BCUT2D eigenvalue weighted by atomic mass is 16.5. The molecule has 6 nitrogen and oxygen atoms in total. The lowest BCUT2D eigenvalue weighted by molar-refractivity contribution is 0.0573. The van der Waals surface area contributed by atoms with Crippen LogP contribution in [0.2, 0.25) is 0 Å². The molecule has 0 aromatic carbocycles. The van der Waals surface area contributed by atoms with Gasteiger partial charge >= 0.3 is 6.03 Å². The second-order valence-electron chi connectivity index (χ2n) is 6.88. The van der Waals surface area contributed by atoms with Crippen LogP contribution in [0.15, 0.2) is 12.4 Å². The van der Waals surface area contributed by atoms with Crippen molar-refractivity contribution in [3.8, 4) is 0 Å². The summed E-state index contributed by atoms with van der Waals surface area (Å²) in [7, 11) is 0. The first kappa shape index (κ1) is 16.7. The average molecular weight is 306 g/mol. The van der Waals surface area contributed by atoms with E-state index in [1.54, 1.807) is 12.4 Å². The van der Waals surface area contributed by atoms with Crippen molar-refractivity contribution in [2.45, 2.75) is 52.0 Å². The number of nitrogens with one attached hydrogen (secondary N) is 2. The van der Waals surface area contributed by atoms with E-state index in [0.29, 0.717) is 11.6 Å². The van der Waals surface area contributed by atoms with E-state index in [0.717, 1.165) is 31.9 Å². The van der Waals surface area contributed by atoms with Crippen molar-refractivity contribution < 1.29 is 9.53 Å². The van der Waals surface area contributed by atoms with Crippen LogP contribution in [-0.4, -0.2) is 35.3 Å². The summed E-state index contributed by atoms with van der Waals surface area (Å²) in [4.78, 5) is 20.6. The predicted octanol–water partition coefficient (Wildman–Crippen LogP) is 2.71. The van der Waals surface area contributed by atoms with Crippen molar-refractivity contribution in [2.24, 2.45) is 5.92 Å². The number of amides is 2. The van der Waals surface area contributed by atoms with Crippen LogP contribution < -0.4 is 10.6 Å². The van der Waals surface area contributed by atoms with Crippen molar-refractivity contribution >= 4 is 11.7 Å². The van der Waals surface area contributed by atoms with Gasteiger partial charge in [0.05, 0.1) is 18.1 Å². The molecule has 2 amide bonds. The molecular formula is C16H26N4O2. The molecule has 1 aromatic rings. The highest BCUT2D eigenvalue weighted by molar-refractivity contribution is 5.89. The van der Waals surface area contributed by atoms with Gasteiger partial charge in [-0.25, -0.2) is 14.8 Å². The summed E-state index contributed by atoms with van der Waals surface area (Å²) in [5.41, 5.74) is 0.503. The smallest absolute Gasteiger partial charge is 0.319 e. The first-order valence-electron chi connectivity index (χ1n) is 7.84. The standard InChI is InChI=1S/C16H26N4O2/c1-11(12-5-7-22-8-6-12)19-15(21)20-13-9-17-14(18-10-13)16(2,3)4/h9-12H,5-8H2,1-4H3,(H2,19,20,21)/t11-/m0/s1. The van der Waals surface area contributed by atoms with Gasteiger partial charge in [0.2, 0.25) is 0 Å². The van der Waals surface area contributed by atoms with E-state index in [-0.39, 0.29) is 17.5 Å². The second kappa shape index (κ2) is 7.05. The van der Waals surface area contributed by atoms with Gasteiger partial charge < -0.3 is 15.4 Å². The molecule has 2 N–H and O–H groups in total. The van der Waals surface area contributed by atoms with Gasteiger partial charge in [0.25, 0.3) is 0 Å². The molecular weight excluding hydrogens is 280 g/mol. The minimum absolute atomic E-state index is 0.0989. The van der Waals surface area contributed by atoms with Crippen LogP contribution in [0.25, 0.3) is 0 Å². The van der Waals surface area contributed by atoms with Crippen LogP contribution >= 0.6 is 0 Å². The van der Waals surface area contributed by atoms with Crippen molar-refractivity contribution in [1.29, 1.82) is 0 Å². The quantitative estimate of drug-likeness (QED) is 0.900. The fourth-order valence-corrected chi connectivity index (χ4v) is 2.49. The minimum Gasteiger partial charge on any atom is -0.381 e. The van der Waals surface area contributed by atoms with E-state index in [4.69, 9.17) is 4.74 Å². The van der Waals surface area contributed by atoms with Crippen molar-refractivity contribution in [3.63, 3.8) is 0 Å². The monoisotopic (exact) mass is 306 g/mol. The first-order chi connectivity index (χ1) is 10.4. The molecule has 22 heavy (non-hydrogen) atoms. The molecule has 122 valence electrons. The maximum Gasteiger partial charge on any atom is 0.319 e. The summed E-state index contributed by atoms with van der Waals surface area (Å²) in [6, 6.07) is -0.0928. The van der Waals surface area contributed by atoms with Gasteiger partial charge in [0.1, 0.15) is 5.82 Å². The van der Waals surface area contributed by atoms with Crippen LogP contribution in [0.1, 0.15) is 46.4 Å². The lowest BCUT2D eigenvalue weighted by atomic mass is 9.93. The van der Waals surface area contributed by atoms with Gasteiger partial charge in [-0.05, 0) is 25.7 Å². The Kier molecular flexibility index (Phi) is 5.34. The van der Waals surface area contributed by atoms with Gasteiger partial charge in [-0.15, -0.1) is 0 Å². The molecule has 1 aliphatic rings. The van der Waals surface area contributed by atoms with Crippen molar-refractivity contribution in [1.82, 2.24) is 15.3 Å². The third-order valence-corrected chi connectivity index (χ3v) is 3.91. The van der Waals surface area contributed by atoms with Crippen LogP contribution in [0.3, 0.4) is 0 Å². The van der Waals surface area contributed by atoms with Crippen LogP contribution in [0.4, 0.5) is 10.5 Å². The molecule has 1 saturated heterocycles. The van der Waals surface area contributed by atoms with Gasteiger partial charge in [-0.1, -0.05) is 20.8 Å². The van der Waals surface area contributed by atoms with E-state index >= 15 is 0 Å². The molecule has 0 spiro atoms. The molecule has 2 heterocycles. The minimum atomic E-state index is -0.217. The van der Waals surface area contributed by atoms with Gasteiger partial charge in [0.15, 0.2) is 0 Å². The number of nitrogens with zero attached hydrogens (tertiary/aromatic N) is 2. The highest BCUT2D eigenvalue weighted by Gasteiger charge is 2.22. The van der Waals surface area contributed by atoms with E-state index in [1.807, 2.05) is 6.92 Å². The Morgan fingerprint density at radius 1 is 1.27 bits per heavy atom. The Morgan fingerprint density at radius 2 is 1.86 bits per heavy atom. The van der Waals surface area contributed by atoms with E-state index in [1.165, 1.54) is 0 Å². The molecule has 0 saturated carbocycles. The largest absolute Gasteiger partial charge is 0.381 e. The summed E-state index contributed by atoms with van der Waals surface area (Å²) < 4.78 is 5.34. The Morgan fingerprint density at radius 3 is 2.41 bits per heavy atom. The third kappa shape index (κ3) is 4.66. The number of hydrogen-bond donors (Lipinski definition) is 2. The molecule has 0 radical (unpaired) electrons. The number of rotatable bonds is 3. The molecule has 1 aromatic heterocycles. The number of carbonyl (C=O) groups excluding carboxylic acids is 1. The molecule has 0 unspecified atom stereocenters. The molecule has 2 rings (SSSR count). The Bertz CT molecular complexity index is 490. The molecule has 0 aliphatic carbocycles. The zero-order chi connectivity index (χ0) is 16.2. The summed E-state index contributed by atoms with van der Waals surface area (Å²) in [6.07, 6.45) is 5.27. The lowest BCUT2D eigenvalue weighted by Crippen LogP contribution is -2.42. The normalized spacial score (nSPS) is 17.8. The number of ether oxygens (including phenoxy) is 1. The molecule has 0 bridgehead atoms. The Hall–Kier alpha value is -1.69. The third-order valence-electron chi connectivity index (χ3n) is 3.91. The summed E-state index contributed by atoms with van der Waals surface area (Å²) >= 11 is 0. The average Bonchev–Trinajstić information content (AvgIpc) is 2.47. The van der Waals surface area contributed by atoms with Gasteiger partial charge in [-0.3, -0.25) is 0 Å². The number of anilines is 1. The van der Waals surface area contributed by atoms with Crippen LogP contribution in [0.5, 0.6) is 0 Å². The number of hydrogen-bond acceptors (Lipinski definition) is 4. The van der Waals surface area contributed by atoms with Crippen molar-refractivity contribution in [3.05, 3.63) is 18.2 Å². The maximum atomic E-state index is 12.0. The zero-order valence-electron chi connectivity index (χ0n) is 13.8. The fourth-order valence-electron chi connectivity index (χ4n) is 2.49. The van der Waals surface area contributed by atoms with E-state index < -0.39 is 0 Å². The topological polar surface area (TPSA) is 76.1 Å². The summed E-state index contributed by atoms with van der Waals surface area (Å²) in [6.45, 7) is 9.75. The molecule has 1 fully saturated rings. The number of aromatic nitrogens is 2. The molecule has 6 heteroatoms. The van der Waals surface area contributed by atoms with Gasteiger partial charge in [-0.2, -0.15) is 0 Å². The predicted molar refractivity (Wildman–Crippen MR) is 85.9 cm³/mol. The zero-order valence-corrected chi connectivity index (χ0v) is 13.8. The number of carbonyl (C=O) groups is 1. The van der Waals surface area contributed by atoms with Crippen molar-refractivity contribution in [2.75, 3.05) is 18.5 Å². The molecule has 1 atom stereocenters. The van der Waals surface area contributed by atoms with E-state index in [2.05, 4.69) is 41.4 Å². The maximum absolute atomic E-state index is 12.0. The fraction of sp³-hybridized carbons (Fsp3) is 0.688. The van der Waals surface area contributed by atoms with E-state index in [9.17, 15) is 4.79 Å². The second-order valence-corrected chi connectivity index (χ2v) is 6.88. The summed E-state index contributed by atoms with van der Waals surface area (Å²) in [5.74, 6) is 1.23. The first-order valence-corrected chi connectivity index (χ1v) is 7.84. The highest BCUT2D eigenvalue weighted by Crippen LogP contribution is 2.19. The molecule has 1 aliphatic heterocycles. The van der Waals surface area contributed by atoms with Crippen LogP contribution in [-0.2, 0) is 10.2 Å². The van der Waals surface area contributed by atoms with Crippen LogP contribution in [0, 0.1) is 5.92 Å². The SMILES string of the molecule is C[C@H](NC(=O)Nc1cnc(C(C)(C)C)nc1)C1CCOCC1. The summed E-state index contributed by atoms with van der Waals surface area (Å²) in [5, 5.41) is 5.77. The number of urea groups is 1. The lowest BCUT2D eigenvalue weighted by Gasteiger charge is -2.28. The van der Waals surface area contributed by atoms with Gasteiger partial charge in [0, 0.05) is 24.7 Å².